The van der Waals surface area contributed by atoms with Gasteiger partial charge in [-0.3, -0.25) is 4.79 Å². The fourth-order valence-corrected chi connectivity index (χ4v) is 3.94. The van der Waals surface area contributed by atoms with Crippen molar-refractivity contribution in [2.45, 2.75) is 11.4 Å². The molecule has 7 nitrogen and oxygen atoms in total. The van der Waals surface area contributed by atoms with Gasteiger partial charge in [0.2, 0.25) is 5.76 Å². The highest BCUT2D eigenvalue weighted by atomic mass is 32.2. The van der Waals surface area contributed by atoms with Crippen molar-refractivity contribution in [3.05, 3.63) is 53.7 Å². The third kappa shape index (κ3) is 3.08. The number of fused-ring (bicyclic) bond motifs is 1. The molecule has 3 rings (SSSR count). The second-order valence-electron chi connectivity index (χ2n) is 4.98. The topological polar surface area (TPSA) is 94.5 Å². The van der Waals surface area contributed by atoms with E-state index in [1.807, 2.05) is 0 Å². The zero-order valence-electron chi connectivity index (χ0n) is 12.7. The molecule has 0 aliphatic heterocycles. The van der Waals surface area contributed by atoms with Crippen LogP contribution in [0.2, 0.25) is 0 Å². The molecular weight excluding hydrogens is 350 g/mol. The second-order valence-corrected chi connectivity index (χ2v) is 8.00. The zero-order valence-corrected chi connectivity index (χ0v) is 14.3. The Hall–Kier alpha value is -2.52. The number of nitrogens with zero attached hydrogens (tertiary/aromatic N) is 3. The van der Waals surface area contributed by atoms with Crippen molar-refractivity contribution in [3.8, 4) is 0 Å². The van der Waals surface area contributed by atoms with E-state index in [4.69, 9.17) is 4.52 Å². The molecule has 1 amide bonds. The van der Waals surface area contributed by atoms with Gasteiger partial charge in [-0.05, 0) is 18.2 Å². The molecule has 1 aromatic carbocycles. The van der Waals surface area contributed by atoms with Crippen LogP contribution in [0.3, 0.4) is 0 Å². The average molecular weight is 363 g/mol. The molecular formula is C15H13N3O4S2. The third-order valence-electron chi connectivity index (χ3n) is 3.24. The number of rotatable bonds is 4. The van der Waals surface area contributed by atoms with Gasteiger partial charge in [0.05, 0.1) is 21.3 Å². The largest absolute Gasteiger partial charge is 0.351 e. The molecule has 0 N–H and O–H groups in total. The van der Waals surface area contributed by atoms with Crippen molar-refractivity contribution in [1.29, 1.82) is 0 Å². The fourth-order valence-electron chi connectivity index (χ4n) is 2.14. The van der Waals surface area contributed by atoms with Gasteiger partial charge in [0.15, 0.2) is 14.6 Å². The normalized spacial score (nSPS) is 12.6. The van der Waals surface area contributed by atoms with Crippen LogP contribution in [0, 0.1) is 0 Å². The van der Waals surface area contributed by atoms with Crippen LogP contribution in [0.4, 0.5) is 0 Å². The Bertz CT molecular complexity index is 1090. The van der Waals surface area contributed by atoms with E-state index in [1.54, 1.807) is 22.8 Å². The van der Waals surface area contributed by atoms with Gasteiger partial charge in [-0.1, -0.05) is 22.6 Å². The molecule has 0 saturated heterocycles. The zero-order chi connectivity index (χ0) is 17.3. The van der Waals surface area contributed by atoms with Crippen molar-refractivity contribution in [1.82, 2.24) is 9.72 Å². The first kappa shape index (κ1) is 16.3. The molecule has 0 aliphatic rings. The number of hydrogen-bond acceptors (Lipinski definition) is 6. The summed E-state index contributed by atoms with van der Waals surface area (Å²) < 4.78 is 30.7. The number of aromatic nitrogens is 2. The smallest absolute Gasteiger partial charge is 0.318 e. The van der Waals surface area contributed by atoms with Crippen LogP contribution in [0.5, 0.6) is 0 Å². The SMILES string of the molecule is C=CCn1c(=NC(=O)c2ccno2)sc2cc(S(C)(=O)=O)ccc21. The molecule has 3 aromatic rings. The number of amides is 1. The minimum atomic E-state index is -3.31. The van der Waals surface area contributed by atoms with Crippen LogP contribution < -0.4 is 4.80 Å². The first-order valence-corrected chi connectivity index (χ1v) is 9.55. The van der Waals surface area contributed by atoms with Gasteiger partial charge in [-0.25, -0.2) is 8.42 Å². The predicted molar refractivity (Wildman–Crippen MR) is 89.5 cm³/mol. The summed E-state index contributed by atoms with van der Waals surface area (Å²) >= 11 is 1.22. The van der Waals surface area contributed by atoms with Gasteiger partial charge in [0.1, 0.15) is 0 Å². The lowest BCUT2D eigenvalue weighted by atomic mass is 10.3. The van der Waals surface area contributed by atoms with Crippen LogP contribution in [0.25, 0.3) is 10.2 Å². The van der Waals surface area contributed by atoms with Gasteiger partial charge < -0.3 is 9.09 Å². The van der Waals surface area contributed by atoms with E-state index in [0.717, 1.165) is 11.8 Å². The van der Waals surface area contributed by atoms with Crippen LogP contribution in [-0.4, -0.2) is 30.3 Å². The van der Waals surface area contributed by atoms with E-state index in [-0.39, 0.29) is 10.7 Å². The summed E-state index contributed by atoms with van der Waals surface area (Å²) in [5, 5.41) is 3.48. The first-order chi connectivity index (χ1) is 11.4. The Labute approximate surface area is 141 Å². The summed E-state index contributed by atoms with van der Waals surface area (Å²) in [6.07, 6.45) is 4.19. The van der Waals surface area contributed by atoms with Crippen molar-refractivity contribution >= 4 is 37.3 Å². The van der Waals surface area contributed by atoms with Gasteiger partial charge in [0, 0.05) is 18.9 Å². The van der Waals surface area contributed by atoms with Crippen molar-refractivity contribution < 1.29 is 17.7 Å². The molecule has 0 aliphatic carbocycles. The highest BCUT2D eigenvalue weighted by Crippen LogP contribution is 2.22. The molecule has 124 valence electrons. The van der Waals surface area contributed by atoms with E-state index < -0.39 is 15.7 Å². The Morgan fingerprint density at radius 1 is 1.46 bits per heavy atom. The number of thiazole rings is 1. The Kier molecular flexibility index (Phi) is 4.20. The van der Waals surface area contributed by atoms with Gasteiger partial charge in [0.25, 0.3) is 0 Å². The summed E-state index contributed by atoms with van der Waals surface area (Å²) in [6, 6.07) is 6.24. The Morgan fingerprint density at radius 2 is 2.25 bits per heavy atom. The van der Waals surface area contributed by atoms with E-state index in [0.29, 0.717) is 16.0 Å². The average Bonchev–Trinajstić information content (AvgIpc) is 3.15. The van der Waals surface area contributed by atoms with Crippen LogP contribution in [0.15, 0.2) is 57.5 Å². The number of hydrogen-bond donors (Lipinski definition) is 0. The highest BCUT2D eigenvalue weighted by molar-refractivity contribution is 7.90. The van der Waals surface area contributed by atoms with E-state index >= 15 is 0 Å². The monoisotopic (exact) mass is 363 g/mol. The van der Waals surface area contributed by atoms with E-state index in [1.165, 1.54) is 29.7 Å². The van der Waals surface area contributed by atoms with Gasteiger partial charge >= 0.3 is 5.91 Å². The highest BCUT2D eigenvalue weighted by Gasteiger charge is 2.13. The summed E-state index contributed by atoms with van der Waals surface area (Å²) in [5.41, 5.74) is 0.774. The molecule has 2 heterocycles. The molecule has 0 unspecified atom stereocenters. The minimum absolute atomic E-state index is 0.0365. The number of carbonyl (C=O) groups is 1. The van der Waals surface area contributed by atoms with E-state index in [9.17, 15) is 13.2 Å². The first-order valence-electron chi connectivity index (χ1n) is 6.84. The fraction of sp³-hybridized carbons (Fsp3) is 0.133. The summed E-state index contributed by atoms with van der Waals surface area (Å²) in [7, 11) is -3.31. The molecule has 9 heteroatoms. The van der Waals surface area contributed by atoms with Crippen LogP contribution in [-0.2, 0) is 16.4 Å². The molecule has 0 radical (unpaired) electrons. The van der Waals surface area contributed by atoms with Crippen molar-refractivity contribution in [2.75, 3.05) is 6.26 Å². The Balaban J connectivity index is 2.21. The molecule has 0 fully saturated rings. The summed E-state index contributed by atoms with van der Waals surface area (Å²) in [5.74, 6) is -0.519. The summed E-state index contributed by atoms with van der Waals surface area (Å²) in [4.78, 5) is 16.8. The number of benzene rings is 1. The molecule has 0 spiro atoms. The predicted octanol–water partition coefficient (Wildman–Crippen LogP) is 2.02. The Morgan fingerprint density at radius 3 is 2.88 bits per heavy atom. The lowest BCUT2D eigenvalue weighted by Crippen LogP contribution is -2.16. The van der Waals surface area contributed by atoms with Crippen LogP contribution >= 0.6 is 11.3 Å². The summed E-state index contributed by atoms with van der Waals surface area (Å²) in [6.45, 7) is 4.13. The van der Waals surface area contributed by atoms with Crippen molar-refractivity contribution in [3.63, 3.8) is 0 Å². The number of carbonyl (C=O) groups excluding carboxylic acids is 1. The molecule has 0 saturated carbocycles. The molecule has 2 aromatic heterocycles. The van der Waals surface area contributed by atoms with Gasteiger partial charge in [-0.15, -0.1) is 6.58 Å². The maximum atomic E-state index is 12.1. The molecule has 24 heavy (non-hydrogen) atoms. The second kappa shape index (κ2) is 6.17. The quantitative estimate of drug-likeness (QED) is 0.661. The minimum Gasteiger partial charge on any atom is -0.351 e. The molecule has 0 bridgehead atoms. The lowest BCUT2D eigenvalue weighted by molar-refractivity contribution is 0.0962. The lowest BCUT2D eigenvalue weighted by Gasteiger charge is -2.02. The number of allylic oxidation sites excluding steroid dienone is 1. The van der Waals surface area contributed by atoms with E-state index in [2.05, 4.69) is 16.7 Å². The van der Waals surface area contributed by atoms with Crippen molar-refractivity contribution in [2.24, 2.45) is 4.99 Å². The van der Waals surface area contributed by atoms with Crippen LogP contribution in [0.1, 0.15) is 10.6 Å². The van der Waals surface area contributed by atoms with Gasteiger partial charge in [-0.2, -0.15) is 4.99 Å². The standard InChI is InChI=1S/C15H13N3O4S2/c1-3-8-18-11-5-4-10(24(2,20)21)9-13(11)23-15(18)17-14(19)12-6-7-16-22-12/h3-7,9H,1,8H2,2H3. The maximum Gasteiger partial charge on any atom is 0.318 e. The third-order valence-corrected chi connectivity index (χ3v) is 5.39. The maximum absolute atomic E-state index is 12.1. The molecule has 0 atom stereocenters. The number of sulfone groups is 1.